The van der Waals surface area contributed by atoms with E-state index in [0.29, 0.717) is 11.7 Å². The van der Waals surface area contributed by atoms with Crippen LogP contribution in [-0.4, -0.2) is 27.7 Å². The van der Waals surface area contributed by atoms with Crippen LogP contribution in [0.3, 0.4) is 0 Å². The Kier molecular flexibility index (Phi) is 4.31. The number of aromatic nitrogens is 3. The number of hydrogen-bond donors (Lipinski definition) is 1. The van der Waals surface area contributed by atoms with Gasteiger partial charge in [0.1, 0.15) is 5.75 Å². The zero-order valence-corrected chi connectivity index (χ0v) is 12.1. The molecule has 2 rings (SSSR count). The molecule has 0 amide bonds. The molecule has 1 aromatic heterocycles. The van der Waals surface area contributed by atoms with Crippen molar-refractivity contribution in [2.24, 2.45) is 5.92 Å². The van der Waals surface area contributed by atoms with Gasteiger partial charge < -0.3 is 10.6 Å². The van der Waals surface area contributed by atoms with Crippen LogP contribution in [-0.2, 0) is 0 Å². The maximum Gasteiger partial charge on any atom is 0.210 e. The Morgan fingerprint density at radius 3 is 2.53 bits per heavy atom. The minimum Gasteiger partial charge on any atom is -0.497 e. The Hall–Kier alpha value is -1.69. The van der Waals surface area contributed by atoms with Crippen LogP contribution in [0.5, 0.6) is 5.75 Å². The van der Waals surface area contributed by atoms with E-state index in [-0.39, 0.29) is 0 Å². The van der Waals surface area contributed by atoms with Crippen LogP contribution in [0.15, 0.2) is 29.4 Å². The van der Waals surface area contributed by atoms with Gasteiger partial charge in [0.05, 0.1) is 7.11 Å². The molecule has 0 saturated heterocycles. The summed E-state index contributed by atoms with van der Waals surface area (Å²) in [7, 11) is 1.64. The number of thioether (sulfide) groups is 1. The predicted octanol–water partition coefficient (Wildman–Crippen LogP) is 2.42. The summed E-state index contributed by atoms with van der Waals surface area (Å²) in [4.78, 5) is 0. The van der Waals surface area contributed by atoms with E-state index in [4.69, 9.17) is 10.6 Å². The molecular formula is C13H18N4OS. The van der Waals surface area contributed by atoms with Crippen LogP contribution in [0.2, 0.25) is 0 Å². The van der Waals surface area contributed by atoms with Gasteiger partial charge in [-0.1, -0.05) is 25.6 Å². The summed E-state index contributed by atoms with van der Waals surface area (Å²) in [5, 5.41) is 9.01. The topological polar surface area (TPSA) is 66.0 Å². The highest BCUT2D eigenvalue weighted by Gasteiger charge is 2.12. The van der Waals surface area contributed by atoms with Gasteiger partial charge in [-0.25, -0.2) is 4.68 Å². The normalized spacial score (nSPS) is 10.9. The lowest BCUT2D eigenvalue weighted by atomic mass is 10.2. The van der Waals surface area contributed by atoms with Gasteiger partial charge in [-0.15, -0.1) is 10.2 Å². The molecule has 1 heterocycles. The number of rotatable bonds is 5. The maximum absolute atomic E-state index is 6.03. The van der Waals surface area contributed by atoms with Gasteiger partial charge in [-0.3, -0.25) is 0 Å². The third-order valence-electron chi connectivity index (χ3n) is 2.56. The predicted molar refractivity (Wildman–Crippen MR) is 77.7 cm³/mol. The van der Waals surface area contributed by atoms with Crippen LogP contribution in [0.25, 0.3) is 11.4 Å². The summed E-state index contributed by atoms with van der Waals surface area (Å²) in [5.74, 6) is 9.06. The van der Waals surface area contributed by atoms with Crippen molar-refractivity contribution < 1.29 is 4.74 Å². The molecule has 1 aromatic carbocycles. The van der Waals surface area contributed by atoms with Crippen LogP contribution < -0.4 is 10.6 Å². The van der Waals surface area contributed by atoms with Gasteiger partial charge in [0, 0.05) is 11.3 Å². The number of nitrogen functional groups attached to an aromatic ring is 1. The number of hydrogen-bond acceptors (Lipinski definition) is 5. The molecular weight excluding hydrogens is 260 g/mol. The molecule has 102 valence electrons. The zero-order chi connectivity index (χ0) is 13.8. The molecule has 5 nitrogen and oxygen atoms in total. The van der Waals surface area contributed by atoms with E-state index >= 15 is 0 Å². The maximum atomic E-state index is 6.03. The fourth-order valence-corrected chi connectivity index (χ4v) is 2.36. The second kappa shape index (κ2) is 5.97. The van der Waals surface area contributed by atoms with Crippen LogP contribution in [0.1, 0.15) is 13.8 Å². The summed E-state index contributed by atoms with van der Waals surface area (Å²) in [6.07, 6.45) is 0. The van der Waals surface area contributed by atoms with E-state index in [1.54, 1.807) is 18.9 Å². The first-order valence-corrected chi connectivity index (χ1v) is 7.08. The van der Waals surface area contributed by atoms with Crippen molar-refractivity contribution in [1.82, 2.24) is 14.9 Å². The van der Waals surface area contributed by atoms with Gasteiger partial charge in [-0.05, 0) is 30.2 Å². The number of nitrogens with two attached hydrogens (primary N) is 1. The molecule has 0 unspecified atom stereocenters. The monoisotopic (exact) mass is 278 g/mol. The van der Waals surface area contributed by atoms with E-state index in [1.807, 2.05) is 24.3 Å². The average Bonchev–Trinajstić information content (AvgIpc) is 2.78. The molecule has 0 spiro atoms. The standard InChI is InChI=1S/C13H18N4OS/c1-9(2)8-19-13-16-15-12(17(13)14)10-4-6-11(18-3)7-5-10/h4-7,9H,8,14H2,1-3H3. The van der Waals surface area contributed by atoms with Gasteiger partial charge in [0.15, 0.2) is 5.82 Å². The Balaban J connectivity index is 2.20. The SMILES string of the molecule is COc1ccc(-c2nnc(SCC(C)C)n2N)cc1. The smallest absolute Gasteiger partial charge is 0.210 e. The Bertz CT molecular complexity index is 536. The average molecular weight is 278 g/mol. The molecule has 2 aromatic rings. The van der Waals surface area contributed by atoms with Crippen molar-refractivity contribution in [1.29, 1.82) is 0 Å². The first-order valence-electron chi connectivity index (χ1n) is 6.09. The number of methoxy groups -OCH3 is 1. The summed E-state index contributed by atoms with van der Waals surface area (Å²) in [5.41, 5.74) is 0.923. The summed E-state index contributed by atoms with van der Waals surface area (Å²) < 4.78 is 6.66. The second-order valence-electron chi connectivity index (χ2n) is 4.61. The first-order chi connectivity index (χ1) is 9.11. The lowest BCUT2D eigenvalue weighted by Gasteiger charge is -2.05. The molecule has 0 radical (unpaired) electrons. The summed E-state index contributed by atoms with van der Waals surface area (Å²) >= 11 is 1.62. The summed E-state index contributed by atoms with van der Waals surface area (Å²) in [6.45, 7) is 4.32. The van der Waals surface area contributed by atoms with Gasteiger partial charge >= 0.3 is 0 Å². The molecule has 0 bridgehead atoms. The van der Waals surface area contributed by atoms with Crippen molar-refractivity contribution in [3.8, 4) is 17.1 Å². The largest absolute Gasteiger partial charge is 0.497 e. The summed E-state index contributed by atoms with van der Waals surface area (Å²) in [6, 6.07) is 7.60. The minimum absolute atomic E-state index is 0.589. The fourth-order valence-electron chi connectivity index (χ4n) is 1.55. The Morgan fingerprint density at radius 2 is 1.95 bits per heavy atom. The third kappa shape index (κ3) is 3.20. The molecule has 0 atom stereocenters. The van der Waals surface area contributed by atoms with Crippen molar-refractivity contribution in [3.05, 3.63) is 24.3 Å². The van der Waals surface area contributed by atoms with E-state index in [9.17, 15) is 0 Å². The van der Waals surface area contributed by atoms with E-state index < -0.39 is 0 Å². The van der Waals surface area contributed by atoms with Crippen molar-refractivity contribution in [2.45, 2.75) is 19.0 Å². The van der Waals surface area contributed by atoms with Crippen molar-refractivity contribution in [2.75, 3.05) is 18.7 Å². The van der Waals surface area contributed by atoms with Crippen LogP contribution in [0, 0.1) is 5.92 Å². The first kappa shape index (κ1) is 13.7. The van der Waals surface area contributed by atoms with Crippen LogP contribution >= 0.6 is 11.8 Å². The van der Waals surface area contributed by atoms with Gasteiger partial charge in [0.2, 0.25) is 5.16 Å². The highest BCUT2D eigenvalue weighted by atomic mass is 32.2. The van der Waals surface area contributed by atoms with Crippen LogP contribution in [0.4, 0.5) is 0 Å². The molecule has 0 fully saturated rings. The van der Waals surface area contributed by atoms with Gasteiger partial charge in [-0.2, -0.15) is 0 Å². The lowest BCUT2D eigenvalue weighted by molar-refractivity contribution is 0.415. The number of benzene rings is 1. The number of ether oxygens (including phenoxy) is 1. The third-order valence-corrected chi connectivity index (χ3v) is 3.93. The molecule has 0 saturated carbocycles. The Morgan fingerprint density at radius 1 is 1.26 bits per heavy atom. The molecule has 2 N–H and O–H groups in total. The highest BCUT2D eigenvalue weighted by Crippen LogP contribution is 2.24. The minimum atomic E-state index is 0.589. The van der Waals surface area contributed by atoms with Crippen molar-refractivity contribution in [3.63, 3.8) is 0 Å². The Labute approximate surface area is 117 Å². The molecule has 0 aliphatic carbocycles. The fraction of sp³-hybridized carbons (Fsp3) is 0.385. The second-order valence-corrected chi connectivity index (χ2v) is 5.60. The molecule has 19 heavy (non-hydrogen) atoms. The van der Waals surface area contributed by atoms with E-state index in [1.165, 1.54) is 4.68 Å². The molecule has 0 aliphatic rings. The van der Waals surface area contributed by atoms with Crippen molar-refractivity contribution >= 4 is 11.8 Å². The van der Waals surface area contributed by atoms with Gasteiger partial charge in [0.25, 0.3) is 0 Å². The molecule has 6 heteroatoms. The lowest BCUT2D eigenvalue weighted by Crippen LogP contribution is -2.12. The highest BCUT2D eigenvalue weighted by molar-refractivity contribution is 7.99. The number of nitrogens with zero attached hydrogens (tertiary/aromatic N) is 3. The quantitative estimate of drug-likeness (QED) is 0.672. The zero-order valence-electron chi connectivity index (χ0n) is 11.3. The van der Waals surface area contributed by atoms with E-state index in [0.717, 1.165) is 22.2 Å². The van der Waals surface area contributed by atoms with E-state index in [2.05, 4.69) is 24.0 Å². The molecule has 0 aliphatic heterocycles.